The SMILES string of the molecule is CC(C)c1noc(CCC(=O)Nc2cccc(-n3cc(C(=O)O)nn3)c2)n1. The maximum absolute atomic E-state index is 12.2. The van der Waals surface area contributed by atoms with E-state index in [1.54, 1.807) is 24.3 Å². The first-order valence-electron chi connectivity index (χ1n) is 8.31. The lowest BCUT2D eigenvalue weighted by molar-refractivity contribution is -0.116. The Bertz CT molecular complexity index is 962. The van der Waals surface area contributed by atoms with E-state index < -0.39 is 5.97 Å². The Morgan fingerprint density at radius 1 is 1.33 bits per heavy atom. The summed E-state index contributed by atoms with van der Waals surface area (Å²) >= 11 is 0. The monoisotopic (exact) mass is 370 g/mol. The molecular formula is C17H18N6O4. The lowest BCUT2D eigenvalue weighted by Crippen LogP contribution is -2.12. The van der Waals surface area contributed by atoms with Gasteiger partial charge in [-0.3, -0.25) is 4.79 Å². The molecule has 0 fully saturated rings. The minimum Gasteiger partial charge on any atom is -0.476 e. The summed E-state index contributed by atoms with van der Waals surface area (Å²) in [5.74, 6) is -0.163. The Morgan fingerprint density at radius 3 is 2.81 bits per heavy atom. The standard InChI is InChI=1S/C17H18N6O4/c1-10(2)16-19-15(27-21-16)7-6-14(24)18-11-4-3-5-12(8-11)23-9-13(17(25)26)20-22-23/h3-5,8-10H,6-7H2,1-2H3,(H,18,24)(H,25,26). The third kappa shape index (κ3) is 4.54. The van der Waals surface area contributed by atoms with Gasteiger partial charge in [0, 0.05) is 24.4 Å². The number of carboxylic acid groups (broad SMARTS) is 1. The van der Waals surface area contributed by atoms with Crippen LogP contribution in [0.15, 0.2) is 35.0 Å². The van der Waals surface area contributed by atoms with E-state index in [1.807, 2.05) is 13.8 Å². The number of rotatable bonds is 7. The number of carboxylic acids is 1. The number of nitrogens with one attached hydrogen (secondary N) is 1. The average Bonchev–Trinajstić information content (AvgIpc) is 3.30. The number of nitrogens with zero attached hydrogens (tertiary/aromatic N) is 5. The summed E-state index contributed by atoms with van der Waals surface area (Å²) < 4.78 is 6.44. The first-order chi connectivity index (χ1) is 12.9. The van der Waals surface area contributed by atoms with Crippen LogP contribution in [-0.4, -0.2) is 42.1 Å². The third-order valence-electron chi connectivity index (χ3n) is 3.67. The molecule has 0 aliphatic carbocycles. The maximum Gasteiger partial charge on any atom is 0.358 e. The van der Waals surface area contributed by atoms with Gasteiger partial charge in [0.25, 0.3) is 0 Å². The van der Waals surface area contributed by atoms with Crippen LogP contribution in [0, 0.1) is 0 Å². The fourth-order valence-electron chi connectivity index (χ4n) is 2.26. The Kier molecular flexibility index (Phi) is 5.25. The highest BCUT2D eigenvalue weighted by molar-refractivity contribution is 5.91. The summed E-state index contributed by atoms with van der Waals surface area (Å²) in [6.45, 7) is 3.92. The topological polar surface area (TPSA) is 136 Å². The zero-order valence-corrected chi connectivity index (χ0v) is 14.8. The van der Waals surface area contributed by atoms with Gasteiger partial charge in [0.2, 0.25) is 11.8 Å². The molecule has 2 N–H and O–H groups in total. The molecule has 0 saturated carbocycles. The van der Waals surface area contributed by atoms with Gasteiger partial charge in [0.05, 0.1) is 11.9 Å². The van der Waals surface area contributed by atoms with Crippen molar-refractivity contribution >= 4 is 17.6 Å². The van der Waals surface area contributed by atoms with Crippen molar-refractivity contribution in [3.63, 3.8) is 0 Å². The summed E-state index contributed by atoms with van der Waals surface area (Å²) in [7, 11) is 0. The molecule has 1 aromatic carbocycles. The lowest BCUT2D eigenvalue weighted by atomic mass is 10.2. The van der Waals surface area contributed by atoms with Crippen molar-refractivity contribution < 1.29 is 19.2 Å². The molecule has 10 nitrogen and oxygen atoms in total. The number of hydrogen-bond acceptors (Lipinski definition) is 7. The van der Waals surface area contributed by atoms with E-state index in [0.29, 0.717) is 29.5 Å². The minimum atomic E-state index is -1.16. The fourth-order valence-corrected chi connectivity index (χ4v) is 2.26. The van der Waals surface area contributed by atoms with E-state index >= 15 is 0 Å². The summed E-state index contributed by atoms with van der Waals surface area (Å²) in [4.78, 5) is 27.3. The van der Waals surface area contributed by atoms with E-state index in [1.165, 1.54) is 10.9 Å². The zero-order chi connectivity index (χ0) is 19.4. The van der Waals surface area contributed by atoms with Crippen molar-refractivity contribution in [2.24, 2.45) is 0 Å². The van der Waals surface area contributed by atoms with E-state index in [9.17, 15) is 9.59 Å². The van der Waals surface area contributed by atoms with Gasteiger partial charge in [0.15, 0.2) is 11.5 Å². The van der Waals surface area contributed by atoms with Gasteiger partial charge in [-0.05, 0) is 18.2 Å². The molecule has 0 aliphatic heterocycles. The fraction of sp³-hybridized carbons (Fsp3) is 0.294. The number of carbonyl (C=O) groups excluding carboxylic acids is 1. The number of anilines is 1. The predicted molar refractivity (Wildman–Crippen MR) is 93.7 cm³/mol. The van der Waals surface area contributed by atoms with E-state index in [-0.39, 0.29) is 23.9 Å². The van der Waals surface area contributed by atoms with E-state index in [4.69, 9.17) is 9.63 Å². The Labute approximate surface area is 154 Å². The molecule has 0 saturated heterocycles. The molecular weight excluding hydrogens is 352 g/mol. The van der Waals surface area contributed by atoms with Crippen molar-refractivity contribution in [2.75, 3.05) is 5.32 Å². The quantitative estimate of drug-likeness (QED) is 0.645. The molecule has 0 unspecified atom stereocenters. The van der Waals surface area contributed by atoms with Crippen LogP contribution in [0.4, 0.5) is 5.69 Å². The molecule has 140 valence electrons. The van der Waals surface area contributed by atoms with Crippen LogP contribution < -0.4 is 5.32 Å². The first-order valence-corrected chi connectivity index (χ1v) is 8.31. The number of aromatic carboxylic acids is 1. The Balaban J connectivity index is 1.61. The van der Waals surface area contributed by atoms with Gasteiger partial charge < -0.3 is 14.9 Å². The lowest BCUT2D eigenvalue weighted by Gasteiger charge is -2.06. The highest BCUT2D eigenvalue weighted by Gasteiger charge is 2.12. The molecule has 0 spiro atoms. The van der Waals surface area contributed by atoms with Crippen LogP contribution in [0.3, 0.4) is 0 Å². The van der Waals surface area contributed by atoms with Crippen molar-refractivity contribution in [1.29, 1.82) is 0 Å². The molecule has 0 atom stereocenters. The van der Waals surface area contributed by atoms with Crippen molar-refractivity contribution in [1.82, 2.24) is 25.1 Å². The molecule has 27 heavy (non-hydrogen) atoms. The molecule has 0 bridgehead atoms. The molecule has 10 heteroatoms. The second-order valence-corrected chi connectivity index (χ2v) is 6.15. The van der Waals surface area contributed by atoms with Crippen molar-refractivity contribution in [3.05, 3.63) is 47.9 Å². The predicted octanol–water partition coefficient (Wildman–Crippen LogP) is 2.04. The van der Waals surface area contributed by atoms with Crippen LogP contribution in [0.1, 0.15) is 48.4 Å². The molecule has 1 amide bonds. The van der Waals surface area contributed by atoms with Crippen LogP contribution in [0.25, 0.3) is 5.69 Å². The van der Waals surface area contributed by atoms with Crippen LogP contribution in [0.2, 0.25) is 0 Å². The van der Waals surface area contributed by atoms with Gasteiger partial charge in [-0.2, -0.15) is 4.98 Å². The third-order valence-corrected chi connectivity index (χ3v) is 3.67. The van der Waals surface area contributed by atoms with Crippen LogP contribution >= 0.6 is 0 Å². The molecule has 0 aliphatic rings. The number of hydrogen-bond donors (Lipinski definition) is 2. The highest BCUT2D eigenvalue weighted by atomic mass is 16.5. The molecule has 0 radical (unpaired) electrons. The number of benzene rings is 1. The van der Waals surface area contributed by atoms with Crippen LogP contribution in [-0.2, 0) is 11.2 Å². The minimum absolute atomic E-state index is 0.162. The molecule has 2 aromatic heterocycles. The normalized spacial score (nSPS) is 10.9. The maximum atomic E-state index is 12.2. The summed E-state index contributed by atoms with van der Waals surface area (Å²) in [6, 6.07) is 6.84. The number of amides is 1. The summed E-state index contributed by atoms with van der Waals surface area (Å²) in [5, 5.41) is 22.9. The molecule has 3 rings (SSSR count). The van der Waals surface area contributed by atoms with Gasteiger partial charge in [-0.1, -0.05) is 30.3 Å². The second kappa shape index (κ2) is 7.77. The second-order valence-electron chi connectivity index (χ2n) is 6.15. The smallest absolute Gasteiger partial charge is 0.358 e. The Morgan fingerprint density at radius 2 is 2.15 bits per heavy atom. The average molecular weight is 370 g/mol. The van der Waals surface area contributed by atoms with Gasteiger partial charge in [-0.25, -0.2) is 9.48 Å². The van der Waals surface area contributed by atoms with Crippen LogP contribution in [0.5, 0.6) is 0 Å². The highest BCUT2D eigenvalue weighted by Crippen LogP contribution is 2.15. The molecule has 3 aromatic rings. The van der Waals surface area contributed by atoms with E-state index in [2.05, 4.69) is 25.8 Å². The van der Waals surface area contributed by atoms with Gasteiger partial charge in [-0.15, -0.1) is 5.10 Å². The largest absolute Gasteiger partial charge is 0.476 e. The number of aryl methyl sites for hydroxylation is 1. The summed E-state index contributed by atoms with van der Waals surface area (Å²) in [6.07, 6.45) is 1.83. The van der Waals surface area contributed by atoms with Gasteiger partial charge in [0.1, 0.15) is 0 Å². The Hall–Kier alpha value is -3.56. The van der Waals surface area contributed by atoms with Crippen molar-refractivity contribution in [3.8, 4) is 5.69 Å². The summed E-state index contributed by atoms with van der Waals surface area (Å²) in [5.41, 5.74) is 0.967. The van der Waals surface area contributed by atoms with Crippen molar-refractivity contribution in [2.45, 2.75) is 32.6 Å². The number of carbonyl (C=O) groups is 2. The first kappa shape index (κ1) is 18.2. The van der Waals surface area contributed by atoms with Gasteiger partial charge >= 0.3 is 5.97 Å². The zero-order valence-electron chi connectivity index (χ0n) is 14.8. The van der Waals surface area contributed by atoms with E-state index in [0.717, 1.165) is 0 Å². The number of aromatic nitrogens is 5. The molecule has 2 heterocycles.